The van der Waals surface area contributed by atoms with Gasteiger partial charge in [0.2, 0.25) is 10.0 Å². The maximum Gasteiger partial charge on any atom is 0.302 e. The van der Waals surface area contributed by atoms with Gasteiger partial charge in [0.15, 0.2) is 0 Å². The summed E-state index contributed by atoms with van der Waals surface area (Å²) >= 11 is 0. The molecule has 1 aliphatic carbocycles. The number of ether oxygens (including phenoxy) is 1. The van der Waals surface area contributed by atoms with Crippen LogP contribution in [0.3, 0.4) is 0 Å². The Kier molecular flexibility index (Phi) is 6.78. The molecule has 1 aliphatic heterocycles. The Morgan fingerprint density at radius 1 is 1.18 bits per heavy atom. The number of benzene rings is 2. The van der Waals surface area contributed by atoms with Gasteiger partial charge < -0.3 is 9.84 Å². The van der Waals surface area contributed by atoms with Crippen LogP contribution < -0.4 is 9.46 Å². The molecule has 34 heavy (non-hydrogen) atoms. The fourth-order valence-corrected chi connectivity index (χ4v) is 5.22. The molecule has 2 aromatic rings. The number of carbonyl (C=O) groups excluding carboxylic acids is 1. The molecule has 2 N–H and O–H groups in total. The summed E-state index contributed by atoms with van der Waals surface area (Å²) in [6, 6.07) is 12.1. The second kappa shape index (κ2) is 9.46. The van der Waals surface area contributed by atoms with Gasteiger partial charge in [0.05, 0.1) is 6.26 Å². The van der Waals surface area contributed by atoms with Gasteiger partial charge in [0.25, 0.3) is 5.91 Å². The number of hydrogen-bond donors (Lipinski definition) is 2. The Balaban J connectivity index is 1.46. The number of aryl methyl sites for hydroxylation is 1. The van der Waals surface area contributed by atoms with Gasteiger partial charge in [0.1, 0.15) is 18.0 Å². The molecule has 4 atom stereocenters. The topological polar surface area (TPSA) is 92.7 Å². The highest BCUT2D eigenvalue weighted by molar-refractivity contribution is 7.89. The van der Waals surface area contributed by atoms with Crippen LogP contribution in [0.1, 0.15) is 40.7 Å². The smallest absolute Gasteiger partial charge is 0.302 e. The molecular formula is C25H27F2NO5S. The van der Waals surface area contributed by atoms with Gasteiger partial charge in [-0.05, 0) is 49.3 Å². The molecular weight excluding hydrogens is 464 g/mol. The summed E-state index contributed by atoms with van der Waals surface area (Å²) in [5, 5.41) is 10.2. The van der Waals surface area contributed by atoms with E-state index in [0.717, 1.165) is 24.7 Å². The van der Waals surface area contributed by atoms with Crippen LogP contribution in [-0.4, -0.2) is 37.9 Å². The molecule has 2 aromatic carbocycles. The molecule has 1 amide bonds. The number of aliphatic hydroxyl groups is 1. The lowest BCUT2D eigenvalue weighted by Gasteiger charge is -2.23. The average Bonchev–Trinajstić information content (AvgIpc) is 3.07. The molecule has 1 heterocycles. The van der Waals surface area contributed by atoms with Crippen LogP contribution in [0, 0.1) is 11.8 Å². The first-order valence-electron chi connectivity index (χ1n) is 11.2. The molecule has 4 rings (SSSR count). The summed E-state index contributed by atoms with van der Waals surface area (Å²) in [6.45, 7) is 0. The predicted octanol–water partition coefficient (Wildman–Crippen LogP) is 3.80. The molecule has 6 nitrogen and oxygen atoms in total. The van der Waals surface area contributed by atoms with Crippen molar-refractivity contribution in [2.45, 2.75) is 43.8 Å². The van der Waals surface area contributed by atoms with Crippen LogP contribution in [0.25, 0.3) is 0 Å². The van der Waals surface area contributed by atoms with Gasteiger partial charge in [-0.3, -0.25) is 4.79 Å². The number of amides is 1. The Bertz CT molecular complexity index is 1180. The fraction of sp³-hybridized carbons (Fsp3) is 0.400. The van der Waals surface area contributed by atoms with Crippen LogP contribution in [-0.2, 0) is 22.4 Å². The van der Waals surface area contributed by atoms with Crippen molar-refractivity contribution in [3.05, 3.63) is 77.4 Å². The van der Waals surface area contributed by atoms with Crippen molar-refractivity contribution in [1.82, 2.24) is 4.72 Å². The normalized spacial score (nSPS) is 23.5. The van der Waals surface area contributed by atoms with Gasteiger partial charge in [-0.2, -0.15) is 8.78 Å². The molecule has 0 bridgehead atoms. The third kappa shape index (κ3) is 5.31. The zero-order valence-electron chi connectivity index (χ0n) is 18.7. The first-order valence-corrected chi connectivity index (χ1v) is 13.0. The van der Waals surface area contributed by atoms with E-state index in [1.807, 2.05) is 4.72 Å². The van der Waals surface area contributed by atoms with Crippen molar-refractivity contribution >= 4 is 15.9 Å². The average molecular weight is 492 g/mol. The lowest BCUT2D eigenvalue weighted by atomic mass is 9.88. The number of aliphatic hydroxyl groups excluding tert-OH is 1. The number of alkyl halides is 2. The van der Waals surface area contributed by atoms with Crippen LogP contribution in [0.4, 0.5) is 8.78 Å². The monoisotopic (exact) mass is 491 g/mol. The zero-order chi connectivity index (χ0) is 24.5. The second-order valence-electron chi connectivity index (χ2n) is 8.94. The lowest BCUT2D eigenvalue weighted by molar-refractivity contribution is -0.0929. The van der Waals surface area contributed by atoms with Crippen molar-refractivity contribution < 1.29 is 31.8 Å². The Morgan fingerprint density at radius 3 is 2.62 bits per heavy atom. The van der Waals surface area contributed by atoms with Crippen molar-refractivity contribution in [2.75, 3.05) is 6.26 Å². The Labute approximate surface area is 197 Å². The van der Waals surface area contributed by atoms with Crippen LogP contribution in [0.15, 0.2) is 60.7 Å². The number of sulfonamides is 1. The molecule has 182 valence electrons. The quantitative estimate of drug-likeness (QED) is 0.600. The number of allylic oxidation sites excluding steroid dienone is 1. The summed E-state index contributed by atoms with van der Waals surface area (Å²) < 4.78 is 60.1. The first kappa shape index (κ1) is 24.3. The van der Waals surface area contributed by atoms with E-state index >= 15 is 0 Å². The van der Waals surface area contributed by atoms with Gasteiger partial charge >= 0.3 is 5.92 Å². The van der Waals surface area contributed by atoms with Crippen molar-refractivity contribution in [3.63, 3.8) is 0 Å². The second-order valence-corrected chi connectivity index (χ2v) is 10.7. The zero-order valence-corrected chi connectivity index (χ0v) is 19.5. The summed E-state index contributed by atoms with van der Waals surface area (Å²) in [7, 11) is -3.69. The molecule has 0 radical (unpaired) electrons. The predicted molar refractivity (Wildman–Crippen MR) is 123 cm³/mol. The molecule has 0 saturated heterocycles. The van der Waals surface area contributed by atoms with Crippen molar-refractivity contribution in [3.8, 4) is 5.75 Å². The largest absolute Gasteiger partial charge is 0.490 e. The fourth-order valence-electron chi connectivity index (χ4n) is 4.77. The highest BCUT2D eigenvalue weighted by Gasteiger charge is 2.41. The molecule has 2 aliphatic rings. The highest BCUT2D eigenvalue weighted by atomic mass is 32.2. The standard InChI is InChI=1S/C25H27F2NO5S/c1-34(31,32)28-24(30)18-8-7-17-9-12-20-16(10-13-21(20)33-22(17)15-18)11-14-23(29)25(26,27)19-5-3-2-4-6-19/h2-8,11,14-16,20-21,23,29H,9-10,12-13H2,1H3,(H,28,30)/b14-11+/t16-,20-,21+,23?/m1/s1. The van der Waals surface area contributed by atoms with E-state index in [9.17, 15) is 27.1 Å². The van der Waals surface area contributed by atoms with E-state index in [4.69, 9.17) is 4.74 Å². The summed E-state index contributed by atoms with van der Waals surface area (Å²) in [5.74, 6) is -3.53. The maximum atomic E-state index is 14.6. The summed E-state index contributed by atoms with van der Waals surface area (Å²) in [4.78, 5) is 12.2. The van der Waals surface area contributed by atoms with Crippen molar-refractivity contribution in [1.29, 1.82) is 0 Å². The van der Waals surface area contributed by atoms with E-state index in [1.165, 1.54) is 30.3 Å². The van der Waals surface area contributed by atoms with E-state index in [-0.39, 0.29) is 29.1 Å². The number of fused-ring (bicyclic) bond motifs is 2. The molecule has 1 unspecified atom stereocenters. The SMILES string of the molecule is CS(=O)(=O)NC(=O)c1ccc2c(c1)O[C@H]1CC[C@H](/C=C/C(O)C(F)(F)c3ccccc3)[C@H]1CC2. The third-order valence-electron chi connectivity index (χ3n) is 6.52. The lowest BCUT2D eigenvalue weighted by Crippen LogP contribution is -2.29. The van der Waals surface area contributed by atoms with Gasteiger partial charge in [-0.1, -0.05) is 48.6 Å². The molecule has 9 heteroatoms. The van der Waals surface area contributed by atoms with Crippen LogP contribution >= 0.6 is 0 Å². The summed E-state index contributed by atoms with van der Waals surface area (Å²) in [6.07, 6.45) is 4.58. The minimum Gasteiger partial charge on any atom is -0.490 e. The summed E-state index contributed by atoms with van der Waals surface area (Å²) in [5.41, 5.74) is 0.854. The molecule has 0 spiro atoms. The van der Waals surface area contributed by atoms with E-state index in [2.05, 4.69) is 0 Å². The first-order chi connectivity index (χ1) is 16.0. The number of halogens is 2. The third-order valence-corrected chi connectivity index (χ3v) is 7.07. The van der Waals surface area contributed by atoms with E-state index in [0.29, 0.717) is 18.6 Å². The van der Waals surface area contributed by atoms with Gasteiger partial charge in [-0.15, -0.1) is 0 Å². The number of nitrogens with one attached hydrogen (secondary N) is 1. The minimum atomic E-state index is -3.69. The molecule has 0 aromatic heterocycles. The Hall–Kier alpha value is -2.78. The van der Waals surface area contributed by atoms with E-state index in [1.54, 1.807) is 30.3 Å². The highest BCUT2D eigenvalue weighted by Crippen LogP contribution is 2.43. The van der Waals surface area contributed by atoms with Crippen LogP contribution in [0.2, 0.25) is 0 Å². The van der Waals surface area contributed by atoms with Gasteiger partial charge in [0, 0.05) is 17.0 Å². The van der Waals surface area contributed by atoms with Crippen LogP contribution in [0.5, 0.6) is 5.75 Å². The minimum absolute atomic E-state index is 0.0199. The Morgan fingerprint density at radius 2 is 1.91 bits per heavy atom. The molecule has 1 saturated carbocycles. The number of rotatable bonds is 6. The van der Waals surface area contributed by atoms with Crippen molar-refractivity contribution in [2.24, 2.45) is 11.8 Å². The van der Waals surface area contributed by atoms with E-state index < -0.39 is 28.0 Å². The maximum absolute atomic E-state index is 14.6. The molecule has 1 fully saturated rings. The number of hydrogen-bond acceptors (Lipinski definition) is 5. The number of carbonyl (C=O) groups is 1. The van der Waals surface area contributed by atoms with Gasteiger partial charge in [-0.25, -0.2) is 13.1 Å².